The lowest BCUT2D eigenvalue weighted by molar-refractivity contribution is -0.118. The van der Waals surface area contributed by atoms with Crippen molar-refractivity contribution in [3.05, 3.63) is 83.9 Å². The maximum atomic E-state index is 13.1. The van der Waals surface area contributed by atoms with Crippen LogP contribution in [0.5, 0.6) is 5.75 Å². The van der Waals surface area contributed by atoms with Gasteiger partial charge in [0.05, 0.1) is 0 Å². The maximum absolute atomic E-state index is 13.1. The highest BCUT2D eigenvalue weighted by Crippen LogP contribution is 2.25. The van der Waals surface area contributed by atoms with Gasteiger partial charge in [-0.25, -0.2) is 0 Å². The molecule has 4 nitrogen and oxygen atoms in total. The number of rotatable bonds is 10. The van der Waals surface area contributed by atoms with Gasteiger partial charge < -0.3 is 15.3 Å². The van der Waals surface area contributed by atoms with E-state index in [1.165, 1.54) is 0 Å². The Morgan fingerprint density at radius 1 is 0.938 bits per heavy atom. The lowest BCUT2D eigenvalue weighted by Gasteiger charge is -2.27. The number of phenolic OH excluding ortho intramolecular Hbond substituents is 1. The number of amides is 1. The predicted molar refractivity (Wildman–Crippen MR) is 134 cm³/mol. The van der Waals surface area contributed by atoms with Gasteiger partial charge in [0.25, 0.3) is 0 Å². The highest BCUT2D eigenvalue weighted by molar-refractivity contribution is 5.94. The zero-order chi connectivity index (χ0) is 22.9. The number of benzene rings is 3. The first-order valence-corrected chi connectivity index (χ1v) is 11.5. The molecule has 32 heavy (non-hydrogen) atoms. The smallest absolute Gasteiger partial charge is 0.227 e. The summed E-state index contributed by atoms with van der Waals surface area (Å²) in [5, 5.41) is 13.5. The molecular formula is C28H34N2O2. The van der Waals surface area contributed by atoms with Crippen molar-refractivity contribution in [3.63, 3.8) is 0 Å². The lowest BCUT2D eigenvalue weighted by Crippen LogP contribution is -2.37. The first-order valence-electron chi connectivity index (χ1n) is 11.5. The summed E-state index contributed by atoms with van der Waals surface area (Å²) < 4.78 is 0. The second-order valence-corrected chi connectivity index (χ2v) is 8.46. The van der Waals surface area contributed by atoms with E-state index >= 15 is 0 Å². The normalized spacial score (nSPS) is 10.9. The van der Waals surface area contributed by atoms with Crippen LogP contribution in [0.3, 0.4) is 0 Å². The number of carbonyl (C=O) groups is 1. The molecule has 0 spiro atoms. The van der Waals surface area contributed by atoms with Crippen LogP contribution >= 0.6 is 0 Å². The molecule has 0 unspecified atom stereocenters. The van der Waals surface area contributed by atoms with Crippen molar-refractivity contribution >= 4 is 23.0 Å². The van der Waals surface area contributed by atoms with Gasteiger partial charge in [0.15, 0.2) is 0 Å². The van der Waals surface area contributed by atoms with Crippen molar-refractivity contribution in [2.45, 2.75) is 58.9 Å². The molecule has 3 aromatic rings. The molecule has 0 saturated carbocycles. The quantitative estimate of drug-likeness (QED) is 0.370. The largest absolute Gasteiger partial charge is 0.508 e. The van der Waals surface area contributed by atoms with Crippen LogP contribution in [0.4, 0.5) is 17.1 Å². The summed E-state index contributed by atoms with van der Waals surface area (Å²) in [4.78, 5) is 15.0. The van der Waals surface area contributed by atoms with Gasteiger partial charge in [0, 0.05) is 29.5 Å². The third kappa shape index (κ3) is 6.36. The zero-order valence-corrected chi connectivity index (χ0v) is 19.3. The Hall–Kier alpha value is -3.27. The molecule has 168 valence electrons. The van der Waals surface area contributed by atoms with E-state index in [-0.39, 0.29) is 11.9 Å². The van der Waals surface area contributed by atoms with Gasteiger partial charge in [-0.2, -0.15) is 0 Å². The molecule has 3 aromatic carbocycles. The van der Waals surface area contributed by atoms with E-state index in [1.54, 1.807) is 6.07 Å². The monoisotopic (exact) mass is 430 g/mol. The standard InChI is InChI=1S/C28H34N2O2/c1-4-5-9-23-20-22(12-18-27(23)31)13-19-28(32)30(21(2)3)26-16-14-25(15-17-26)29-24-10-7-6-8-11-24/h6-8,10-12,14-18,20-21,29,31H,4-5,9,13,19H2,1-3H3. The molecule has 0 heterocycles. The molecule has 0 bridgehead atoms. The van der Waals surface area contributed by atoms with Crippen LogP contribution in [0.1, 0.15) is 51.2 Å². The molecule has 0 saturated heterocycles. The highest BCUT2D eigenvalue weighted by Gasteiger charge is 2.19. The van der Waals surface area contributed by atoms with Crippen LogP contribution in [-0.2, 0) is 17.6 Å². The first kappa shape index (κ1) is 23.4. The van der Waals surface area contributed by atoms with Crippen molar-refractivity contribution in [3.8, 4) is 5.75 Å². The summed E-state index contributed by atoms with van der Waals surface area (Å²) >= 11 is 0. The summed E-state index contributed by atoms with van der Waals surface area (Å²) in [7, 11) is 0. The molecule has 0 aliphatic carbocycles. The minimum atomic E-state index is 0.0652. The third-order valence-corrected chi connectivity index (χ3v) is 5.56. The molecule has 1 amide bonds. The highest BCUT2D eigenvalue weighted by atomic mass is 16.3. The summed E-state index contributed by atoms with van der Waals surface area (Å²) in [6, 6.07) is 23.8. The summed E-state index contributed by atoms with van der Waals surface area (Å²) in [6.07, 6.45) is 4.10. The van der Waals surface area contributed by atoms with Gasteiger partial charge in [-0.05, 0) is 86.7 Å². The number of hydrogen-bond acceptors (Lipinski definition) is 3. The summed E-state index contributed by atoms with van der Waals surface area (Å²) in [5.41, 5.74) is 4.98. The van der Waals surface area contributed by atoms with Crippen molar-refractivity contribution in [1.29, 1.82) is 0 Å². The molecule has 0 radical (unpaired) electrons. The Morgan fingerprint density at radius 3 is 2.28 bits per heavy atom. The molecule has 2 N–H and O–H groups in total. The van der Waals surface area contributed by atoms with E-state index in [9.17, 15) is 9.90 Å². The first-order chi connectivity index (χ1) is 15.5. The van der Waals surface area contributed by atoms with E-state index in [2.05, 4.69) is 12.2 Å². The van der Waals surface area contributed by atoms with E-state index in [1.807, 2.05) is 85.5 Å². The molecule has 3 rings (SSSR count). The number of nitrogens with zero attached hydrogens (tertiary/aromatic N) is 1. The Bertz CT molecular complexity index is 998. The number of unbranched alkanes of at least 4 members (excludes halogenated alkanes) is 1. The van der Waals surface area contributed by atoms with Gasteiger partial charge in [0.1, 0.15) is 5.75 Å². The zero-order valence-electron chi connectivity index (χ0n) is 19.3. The van der Waals surface area contributed by atoms with Gasteiger partial charge in [0.2, 0.25) is 5.91 Å². The predicted octanol–water partition coefficient (Wildman–Crippen LogP) is 6.85. The van der Waals surface area contributed by atoms with Crippen LogP contribution < -0.4 is 10.2 Å². The van der Waals surface area contributed by atoms with E-state index in [0.717, 1.165) is 47.5 Å². The van der Waals surface area contributed by atoms with Crippen LogP contribution in [0.2, 0.25) is 0 Å². The molecular weight excluding hydrogens is 396 g/mol. The van der Waals surface area contributed by atoms with E-state index in [0.29, 0.717) is 18.6 Å². The van der Waals surface area contributed by atoms with Gasteiger partial charge in [-0.3, -0.25) is 4.79 Å². The van der Waals surface area contributed by atoms with E-state index < -0.39 is 0 Å². The second kappa shape index (κ2) is 11.4. The number of carbonyl (C=O) groups excluding carboxylic acids is 1. The lowest BCUT2D eigenvalue weighted by atomic mass is 10.0. The van der Waals surface area contributed by atoms with Gasteiger partial charge in [-0.15, -0.1) is 0 Å². The average Bonchev–Trinajstić information content (AvgIpc) is 2.79. The number of aromatic hydroxyl groups is 1. The number of para-hydroxylation sites is 1. The topological polar surface area (TPSA) is 52.6 Å². The van der Waals surface area contributed by atoms with Crippen LogP contribution in [0.25, 0.3) is 0 Å². The van der Waals surface area contributed by atoms with Crippen molar-refractivity contribution in [1.82, 2.24) is 0 Å². The Morgan fingerprint density at radius 2 is 1.62 bits per heavy atom. The molecule has 0 fully saturated rings. The van der Waals surface area contributed by atoms with Gasteiger partial charge >= 0.3 is 0 Å². The van der Waals surface area contributed by atoms with Crippen LogP contribution in [0, 0.1) is 0 Å². The molecule has 0 aliphatic rings. The number of aryl methyl sites for hydroxylation is 2. The van der Waals surface area contributed by atoms with Gasteiger partial charge in [-0.1, -0.05) is 43.7 Å². The third-order valence-electron chi connectivity index (χ3n) is 5.56. The number of nitrogens with one attached hydrogen (secondary N) is 1. The Labute approximate surface area is 191 Å². The molecule has 0 atom stereocenters. The second-order valence-electron chi connectivity index (χ2n) is 8.46. The molecule has 4 heteroatoms. The summed E-state index contributed by atoms with van der Waals surface area (Å²) in [6.45, 7) is 6.22. The van der Waals surface area contributed by atoms with E-state index in [4.69, 9.17) is 0 Å². The van der Waals surface area contributed by atoms with Crippen molar-refractivity contribution < 1.29 is 9.90 Å². The minimum Gasteiger partial charge on any atom is -0.508 e. The average molecular weight is 431 g/mol. The Kier molecular flexibility index (Phi) is 8.32. The molecule has 0 aliphatic heterocycles. The number of phenols is 1. The number of hydrogen-bond donors (Lipinski definition) is 2. The molecule has 0 aromatic heterocycles. The fraction of sp³-hybridized carbons (Fsp3) is 0.321. The van der Waals surface area contributed by atoms with Crippen molar-refractivity contribution in [2.75, 3.05) is 10.2 Å². The maximum Gasteiger partial charge on any atom is 0.227 e. The minimum absolute atomic E-state index is 0.0652. The SMILES string of the molecule is CCCCc1cc(CCC(=O)N(c2ccc(Nc3ccccc3)cc2)C(C)C)ccc1O. The Balaban J connectivity index is 1.66. The fourth-order valence-electron chi connectivity index (χ4n) is 3.86. The van der Waals surface area contributed by atoms with Crippen LogP contribution in [0.15, 0.2) is 72.8 Å². The van der Waals surface area contributed by atoms with Crippen molar-refractivity contribution in [2.24, 2.45) is 0 Å². The number of anilines is 3. The fourth-order valence-corrected chi connectivity index (χ4v) is 3.86. The summed E-state index contributed by atoms with van der Waals surface area (Å²) in [5.74, 6) is 0.452. The van der Waals surface area contributed by atoms with Crippen LogP contribution in [-0.4, -0.2) is 17.1 Å².